The molecule has 3 heteroatoms. The van der Waals surface area contributed by atoms with E-state index < -0.39 is 0 Å². The van der Waals surface area contributed by atoms with E-state index >= 15 is 0 Å². The van der Waals surface area contributed by atoms with Gasteiger partial charge in [-0.15, -0.1) is 0 Å². The molecule has 0 unspecified atom stereocenters. The van der Waals surface area contributed by atoms with Gasteiger partial charge in [0, 0.05) is 29.7 Å². The highest BCUT2D eigenvalue weighted by atomic mass is 16.5. The molecule has 0 aliphatic heterocycles. The predicted octanol–water partition coefficient (Wildman–Crippen LogP) is 3.06. The fourth-order valence-electron chi connectivity index (χ4n) is 2.32. The van der Waals surface area contributed by atoms with Crippen molar-refractivity contribution >= 4 is 10.9 Å². The van der Waals surface area contributed by atoms with Crippen LogP contribution in [0.2, 0.25) is 0 Å². The topological polar surface area (TPSA) is 28.3 Å². The molecule has 0 amide bonds. The van der Waals surface area contributed by atoms with Crippen molar-refractivity contribution in [1.29, 1.82) is 0 Å². The van der Waals surface area contributed by atoms with Crippen LogP contribution in [0.4, 0.5) is 0 Å². The molecule has 0 radical (unpaired) electrons. The van der Waals surface area contributed by atoms with E-state index in [1.165, 1.54) is 10.9 Å². The second-order valence-electron chi connectivity index (χ2n) is 4.50. The summed E-state index contributed by atoms with van der Waals surface area (Å²) in [5.74, 6) is 0.902. The number of hydrogen-bond acceptors (Lipinski definition) is 2. The molecule has 1 aromatic carbocycles. The summed E-state index contributed by atoms with van der Waals surface area (Å²) in [5.41, 5.74) is 2.54. The first kappa shape index (κ1) is 13.0. The van der Waals surface area contributed by atoms with E-state index in [0.717, 1.165) is 37.3 Å². The van der Waals surface area contributed by atoms with Crippen LogP contribution in [-0.2, 0) is 6.42 Å². The van der Waals surface area contributed by atoms with Crippen molar-refractivity contribution < 1.29 is 4.74 Å². The Morgan fingerprint density at radius 3 is 2.67 bits per heavy atom. The van der Waals surface area contributed by atoms with Gasteiger partial charge in [0.1, 0.15) is 5.75 Å². The van der Waals surface area contributed by atoms with Gasteiger partial charge in [0.05, 0.1) is 7.11 Å². The molecule has 18 heavy (non-hydrogen) atoms. The number of aromatic nitrogens is 1. The van der Waals surface area contributed by atoms with Crippen molar-refractivity contribution in [3.63, 3.8) is 0 Å². The summed E-state index contributed by atoms with van der Waals surface area (Å²) in [4.78, 5) is 5.77. The van der Waals surface area contributed by atoms with Crippen LogP contribution in [0.3, 0.4) is 0 Å². The molecule has 3 nitrogen and oxygen atoms in total. The van der Waals surface area contributed by atoms with E-state index in [0.29, 0.717) is 0 Å². The number of hydrogen-bond donors (Lipinski definition) is 1. The maximum Gasteiger partial charge on any atom is 0.120 e. The number of fused-ring (bicyclic) bond motifs is 1. The second kappa shape index (κ2) is 5.91. The van der Waals surface area contributed by atoms with Crippen molar-refractivity contribution in [3.05, 3.63) is 30.0 Å². The third kappa shape index (κ3) is 2.67. The fourth-order valence-corrected chi connectivity index (χ4v) is 2.32. The van der Waals surface area contributed by atoms with Gasteiger partial charge in [-0.3, -0.25) is 0 Å². The number of nitrogens with one attached hydrogen (secondary N) is 1. The van der Waals surface area contributed by atoms with E-state index in [-0.39, 0.29) is 0 Å². The Balaban J connectivity index is 2.14. The first-order valence-electron chi connectivity index (χ1n) is 6.64. The fraction of sp³-hybridized carbons (Fsp3) is 0.467. The van der Waals surface area contributed by atoms with Gasteiger partial charge in [-0.2, -0.15) is 0 Å². The summed E-state index contributed by atoms with van der Waals surface area (Å²) in [6, 6.07) is 6.22. The molecule has 0 aliphatic carbocycles. The van der Waals surface area contributed by atoms with E-state index in [2.05, 4.69) is 42.1 Å². The molecule has 0 aliphatic rings. The molecule has 1 aromatic heterocycles. The van der Waals surface area contributed by atoms with Gasteiger partial charge in [-0.05, 0) is 37.2 Å². The molecule has 0 saturated carbocycles. The lowest BCUT2D eigenvalue weighted by Crippen LogP contribution is -2.25. The lowest BCUT2D eigenvalue weighted by Gasteiger charge is -2.17. The highest BCUT2D eigenvalue weighted by molar-refractivity contribution is 5.84. The van der Waals surface area contributed by atoms with Crippen molar-refractivity contribution in [2.75, 3.05) is 26.7 Å². The molecule has 0 saturated heterocycles. The van der Waals surface area contributed by atoms with Gasteiger partial charge in [-0.1, -0.05) is 13.8 Å². The predicted molar refractivity (Wildman–Crippen MR) is 76.3 cm³/mol. The van der Waals surface area contributed by atoms with Crippen molar-refractivity contribution in [2.45, 2.75) is 20.3 Å². The third-order valence-corrected chi connectivity index (χ3v) is 3.57. The number of H-pyrrole nitrogens is 1. The molecule has 0 bridgehead atoms. The number of likely N-dealkylation sites (N-methyl/N-ethyl adjacent to an activating group) is 1. The molecule has 98 valence electrons. The normalized spacial score (nSPS) is 11.3. The molecular weight excluding hydrogens is 224 g/mol. The zero-order valence-corrected chi connectivity index (χ0v) is 11.5. The largest absolute Gasteiger partial charge is 0.497 e. The van der Waals surface area contributed by atoms with Gasteiger partial charge in [0.2, 0.25) is 0 Å². The summed E-state index contributed by atoms with van der Waals surface area (Å²) in [5, 5.41) is 1.31. The summed E-state index contributed by atoms with van der Waals surface area (Å²) >= 11 is 0. The maximum absolute atomic E-state index is 5.24. The monoisotopic (exact) mass is 246 g/mol. The summed E-state index contributed by atoms with van der Waals surface area (Å²) in [7, 11) is 1.70. The SMILES string of the molecule is CCN(CC)CCc1c[nH]c2cc(OC)ccc12. The number of benzene rings is 1. The lowest BCUT2D eigenvalue weighted by atomic mass is 10.1. The van der Waals surface area contributed by atoms with Crippen LogP contribution < -0.4 is 4.74 Å². The number of rotatable bonds is 6. The van der Waals surface area contributed by atoms with Crippen LogP contribution in [0.15, 0.2) is 24.4 Å². The first-order chi connectivity index (χ1) is 8.78. The third-order valence-electron chi connectivity index (χ3n) is 3.57. The van der Waals surface area contributed by atoms with Gasteiger partial charge < -0.3 is 14.6 Å². The number of methoxy groups -OCH3 is 1. The van der Waals surface area contributed by atoms with Crippen LogP contribution in [0.5, 0.6) is 5.75 Å². The van der Waals surface area contributed by atoms with Crippen LogP contribution >= 0.6 is 0 Å². The highest BCUT2D eigenvalue weighted by Gasteiger charge is 2.06. The maximum atomic E-state index is 5.24. The summed E-state index contributed by atoms with van der Waals surface area (Å²) < 4.78 is 5.24. The average Bonchev–Trinajstić information content (AvgIpc) is 2.82. The highest BCUT2D eigenvalue weighted by Crippen LogP contribution is 2.23. The minimum Gasteiger partial charge on any atom is -0.497 e. The number of nitrogens with zero attached hydrogens (tertiary/aromatic N) is 1. The second-order valence-corrected chi connectivity index (χ2v) is 4.50. The average molecular weight is 246 g/mol. The Hall–Kier alpha value is -1.48. The molecular formula is C15H22N2O. The van der Waals surface area contributed by atoms with E-state index in [1.807, 2.05) is 6.07 Å². The van der Waals surface area contributed by atoms with Gasteiger partial charge in [0.15, 0.2) is 0 Å². The minimum atomic E-state index is 0.902. The Labute approximate surface area is 109 Å². The van der Waals surface area contributed by atoms with Gasteiger partial charge in [0.25, 0.3) is 0 Å². The molecule has 2 rings (SSSR count). The first-order valence-corrected chi connectivity index (χ1v) is 6.64. The van der Waals surface area contributed by atoms with E-state index in [9.17, 15) is 0 Å². The Morgan fingerprint density at radius 2 is 2.00 bits per heavy atom. The van der Waals surface area contributed by atoms with Crippen LogP contribution in [-0.4, -0.2) is 36.6 Å². The Morgan fingerprint density at radius 1 is 1.22 bits per heavy atom. The van der Waals surface area contributed by atoms with E-state index in [1.54, 1.807) is 7.11 Å². The van der Waals surface area contributed by atoms with Crippen molar-refractivity contribution in [1.82, 2.24) is 9.88 Å². The molecule has 0 fully saturated rings. The lowest BCUT2D eigenvalue weighted by molar-refractivity contribution is 0.308. The summed E-state index contributed by atoms with van der Waals surface area (Å²) in [6.07, 6.45) is 3.21. The Kier molecular flexibility index (Phi) is 4.26. The zero-order valence-electron chi connectivity index (χ0n) is 11.5. The van der Waals surface area contributed by atoms with Gasteiger partial charge >= 0.3 is 0 Å². The molecule has 0 atom stereocenters. The molecule has 1 heterocycles. The molecule has 2 aromatic rings. The van der Waals surface area contributed by atoms with Crippen molar-refractivity contribution in [2.24, 2.45) is 0 Å². The van der Waals surface area contributed by atoms with Crippen molar-refractivity contribution in [3.8, 4) is 5.75 Å². The van der Waals surface area contributed by atoms with Gasteiger partial charge in [-0.25, -0.2) is 0 Å². The minimum absolute atomic E-state index is 0.902. The summed E-state index contributed by atoms with van der Waals surface area (Å²) in [6.45, 7) is 7.78. The number of ether oxygens (including phenoxy) is 1. The number of aromatic amines is 1. The smallest absolute Gasteiger partial charge is 0.120 e. The molecule has 1 N–H and O–H groups in total. The molecule has 0 spiro atoms. The zero-order chi connectivity index (χ0) is 13.0. The quantitative estimate of drug-likeness (QED) is 0.848. The van der Waals surface area contributed by atoms with Crippen LogP contribution in [0, 0.1) is 0 Å². The van der Waals surface area contributed by atoms with E-state index in [4.69, 9.17) is 4.74 Å². The Bertz CT molecular complexity index is 500. The standard InChI is InChI=1S/C15H22N2O/c1-4-17(5-2)9-8-12-11-16-15-10-13(18-3)6-7-14(12)15/h6-7,10-11,16H,4-5,8-9H2,1-3H3. The van der Waals surface area contributed by atoms with Crippen LogP contribution in [0.1, 0.15) is 19.4 Å². The van der Waals surface area contributed by atoms with Crippen LogP contribution in [0.25, 0.3) is 10.9 Å².